The van der Waals surface area contributed by atoms with E-state index >= 15 is 0 Å². The first-order valence-corrected chi connectivity index (χ1v) is 5.99. The second-order valence-electron chi connectivity index (χ2n) is 5.04. The summed E-state index contributed by atoms with van der Waals surface area (Å²) in [5.74, 6) is -0.290. The topological polar surface area (TPSA) is 81.5 Å². The molecule has 1 aromatic rings. The van der Waals surface area contributed by atoms with Gasteiger partial charge in [0.15, 0.2) is 5.56 Å². The normalized spacial score (nSPS) is 10.9. The lowest BCUT2D eigenvalue weighted by atomic mass is 10.1. The molecule has 0 radical (unpaired) electrons. The fraction of sp³-hybridized carbons (Fsp3) is 0.462. The third-order valence-electron chi connectivity index (χ3n) is 2.22. The molecule has 0 atom stereocenters. The van der Waals surface area contributed by atoms with Crippen LogP contribution < -0.4 is 10.1 Å². The first-order chi connectivity index (χ1) is 8.76. The van der Waals surface area contributed by atoms with Crippen molar-refractivity contribution in [1.29, 1.82) is 0 Å². The van der Waals surface area contributed by atoms with E-state index in [4.69, 9.17) is 4.74 Å². The van der Waals surface area contributed by atoms with Gasteiger partial charge in [0.25, 0.3) is 11.6 Å². The number of carbonyl (C=O) groups excluding carboxylic acids is 1. The minimum absolute atomic E-state index is 0.0377. The van der Waals surface area contributed by atoms with E-state index in [9.17, 15) is 14.9 Å². The summed E-state index contributed by atoms with van der Waals surface area (Å²) >= 11 is 0. The van der Waals surface area contributed by atoms with E-state index in [2.05, 4.69) is 5.32 Å². The van der Waals surface area contributed by atoms with Gasteiger partial charge in [-0.1, -0.05) is 6.07 Å². The highest BCUT2D eigenvalue weighted by Gasteiger charge is 2.27. The third kappa shape index (κ3) is 3.94. The van der Waals surface area contributed by atoms with Gasteiger partial charge >= 0.3 is 0 Å². The Morgan fingerprint density at radius 2 is 2.05 bits per heavy atom. The zero-order valence-corrected chi connectivity index (χ0v) is 11.5. The maximum absolute atomic E-state index is 12.2. The van der Waals surface area contributed by atoms with Gasteiger partial charge in [0.1, 0.15) is 5.75 Å². The van der Waals surface area contributed by atoms with Crippen LogP contribution in [0, 0.1) is 10.1 Å². The van der Waals surface area contributed by atoms with E-state index in [1.165, 1.54) is 12.1 Å². The molecular formula is C13H18N2O4. The van der Waals surface area contributed by atoms with Crippen LogP contribution in [-0.2, 0) is 0 Å². The van der Waals surface area contributed by atoms with Crippen LogP contribution in [0.25, 0.3) is 0 Å². The van der Waals surface area contributed by atoms with Gasteiger partial charge < -0.3 is 10.1 Å². The first kappa shape index (κ1) is 14.9. The number of benzene rings is 1. The van der Waals surface area contributed by atoms with Gasteiger partial charge in [0.2, 0.25) is 0 Å². The van der Waals surface area contributed by atoms with Crippen LogP contribution in [-0.4, -0.2) is 23.0 Å². The van der Waals surface area contributed by atoms with E-state index in [-0.39, 0.29) is 17.0 Å². The average molecular weight is 266 g/mol. The van der Waals surface area contributed by atoms with Crippen molar-refractivity contribution in [1.82, 2.24) is 5.32 Å². The van der Waals surface area contributed by atoms with Crippen molar-refractivity contribution < 1.29 is 14.5 Å². The summed E-state index contributed by atoms with van der Waals surface area (Å²) < 4.78 is 5.30. The lowest BCUT2D eigenvalue weighted by Crippen LogP contribution is -2.41. The number of nitrogens with zero attached hydrogens (tertiary/aromatic N) is 1. The standard InChI is InChI=1S/C13H18N2O4/c1-5-19-10-8-6-7-9(15(17)18)11(10)12(16)14-13(2,3)4/h6-8H,5H2,1-4H3,(H,14,16). The van der Waals surface area contributed by atoms with Crippen LogP contribution in [0.2, 0.25) is 0 Å². The van der Waals surface area contributed by atoms with Crippen LogP contribution in [0.3, 0.4) is 0 Å². The van der Waals surface area contributed by atoms with Crippen molar-refractivity contribution in [3.63, 3.8) is 0 Å². The highest BCUT2D eigenvalue weighted by Crippen LogP contribution is 2.28. The molecule has 0 aliphatic rings. The summed E-state index contributed by atoms with van der Waals surface area (Å²) in [6.07, 6.45) is 0. The zero-order chi connectivity index (χ0) is 14.6. The van der Waals surface area contributed by atoms with Crippen LogP contribution in [0.1, 0.15) is 38.1 Å². The molecule has 1 amide bonds. The van der Waals surface area contributed by atoms with Crippen molar-refractivity contribution in [3.8, 4) is 5.75 Å². The van der Waals surface area contributed by atoms with Crippen LogP contribution in [0.5, 0.6) is 5.75 Å². The number of nitrogens with one attached hydrogen (secondary N) is 1. The van der Waals surface area contributed by atoms with Gasteiger partial charge in [-0.05, 0) is 33.8 Å². The summed E-state index contributed by atoms with van der Waals surface area (Å²) in [5, 5.41) is 13.7. The Bertz CT molecular complexity index is 492. The lowest BCUT2D eigenvalue weighted by molar-refractivity contribution is -0.385. The zero-order valence-electron chi connectivity index (χ0n) is 11.5. The summed E-state index contributed by atoms with van der Waals surface area (Å²) in [5.41, 5.74) is -0.776. The molecule has 0 saturated heterocycles. The number of hydrogen-bond acceptors (Lipinski definition) is 4. The van der Waals surface area contributed by atoms with E-state index in [1.54, 1.807) is 33.8 Å². The molecule has 0 unspecified atom stereocenters. The minimum atomic E-state index is -0.583. The van der Waals surface area contributed by atoms with Gasteiger partial charge in [-0.2, -0.15) is 0 Å². The molecule has 0 aliphatic carbocycles. The second-order valence-corrected chi connectivity index (χ2v) is 5.04. The predicted octanol–water partition coefficient (Wildman–Crippen LogP) is 2.52. The molecule has 0 bridgehead atoms. The number of nitro benzene ring substituents is 1. The highest BCUT2D eigenvalue weighted by molar-refractivity contribution is 6.01. The Balaban J connectivity index is 3.28. The number of nitro groups is 1. The van der Waals surface area contributed by atoms with Crippen molar-refractivity contribution in [2.24, 2.45) is 0 Å². The minimum Gasteiger partial charge on any atom is -0.493 e. The van der Waals surface area contributed by atoms with Crippen LogP contribution >= 0.6 is 0 Å². The van der Waals surface area contributed by atoms with Gasteiger partial charge in [0.05, 0.1) is 11.5 Å². The quantitative estimate of drug-likeness (QED) is 0.670. The highest BCUT2D eigenvalue weighted by atomic mass is 16.6. The smallest absolute Gasteiger partial charge is 0.285 e. The molecule has 1 aromatic carbocycles. The molecule has 1 N–H and O–H groups in total. The number of rotatable bonds is 4. The Morgan fingerprint density at radius 1 is 1.42 bits per heavy atom. The summed E-state index contributed by atoms with van der Waals surface area (Å²) in [7, 11) is 0. The maximum atomic E-state index is 12.2. The van der Waals surface area contributed by atoms with Crippen LogP contribution in [0.15, 0.2) is 18.2 Å². The SMILES string of the molecule is CCOc1cccc([N+](=O)[O-])c1C(=O)NC(C)(C)C. The predicted molar refractivity (Wildman–Crippen MR) is 71.5 cm³/mol. The number of ether oxygens (including phenoxy) is 1. The summed E-state index contributed by atoms with van der Waals surface area (Å²) in [4.78, 5) is 22.6. The Morgan fingerprint density at radius 3 is 2.53 bits per heavy atom. The van der Waals surface area contributed by atoms with E-state index < -0.39 is 16.4 Å². The molecule has 0 heterocycles. The molecule has 6 nitrogen and oxygen atoms in total. The number of carbonyl (C=O) groups is 1. The third-order valence-corrected chi connectivity index (χ3v) is 2.22. The van der Waals surface area contributed by atoms with Gasteiger partial charge in [-0.15, -0.1) is 0 Å². The van der Waals surface area contributed by atoms with Crippen molar-refractivity contribution in [3.05, 3.63) is 33.9 Å². The molecule has 0 fully saturated rings. The molecule has 0 saturated carbocycles. The summed E-state index contributed by atoms with van der Waals surface area (Å²) in [6.45, 7) is 7.50. The van der Waals surface area contributed by atoms with E-state index in [0.717, 1.165) is 0 Å². The average Bonchev–Trinajstić information content (AvgIpc) is 2.26. The molecule has 1 rings (SSSR count). The first-order valence-electron chi connectivity index (χ1n) is 5.99. The van der Waals surface area contributed by atoms with Gasteiger partial charge in [-0.25, -0.2) is 0 Å². The van der Waals surface area contributed by atoms with Crippen LogP contribution in [0.4, 0.5) is 5.69 Å². The van der Waals surface area contributed by atoms with Crippen molar-refractivity contribution >= 4 is 11.6 Å². The largest absolute Gasteiger partial charge is 0.493 e. The molecule has 0 aliphatic heterocycles. The van der Waals surface area contributed by atoms with E-state index in [1.807, 2.05) is 0 Å². The molecule has 0 aromatic heterocycles. The van der Waals surface area contributed by atoms with E-state index in [0.29, 0.717) is 6.61 Å². The second kappa shape index (κ2) is 5.69. The van der Waals surface area contributed by atoms with Crippen molar-refractivity contribution in [2.75, 3.05) is 6.61 Å². The monoisotopic (exact) mass is 266 g/mol. The molecule has 19 heavy (non-hydrogen) atoms. The van der Waals surface area contributed by atoms with Gasteiger partial charge in [-0.3, -0.25) is 14.9 Å². The maximum Gasteiger partial charge on any atom is 0.285 e. The Labute approximate surface area is 111 Å². The number of amides is 1. The molecule has 104 valence electrons. The van der Waals surface area contributed by atoms with Gasteiger partial charge in [0, 0.05) is 11.6 Å². The lowest BCUT2D eigenvalue weighted by Gasteiger charge is -2.21. The Hall–Kier alpha value is -2.11. The van der Waals surface area contributed by atoms with Crippen molar-refractivity contribution in [2.45, 2.75) is 33.2 Å². The molecular weight excluding hydrogens is 248 g/mol. The fourth-order valence-electron chi connectivity index (χ4n) is 1.58. The Kier molecular flexibility index (Phi) is 4.47. The molecule has 0 spiro atoms. The summed E-state index contributed by atoms with van der Waals surface area (Å²) in [6, 6.07) is 4.34. The molecule has 6 heteroatoms. The fourth-order valence-corrected chi connectivity index (χ4v) is 1.58. The number of hydrogen-bond donors (Lipinski definition) is 1.